The molecule has 7 nitrogen and oxygen atoms in total. The summed E-state index contributed by atoms with van der Waals surface area (Å²) in [6, 6.07) is 0.515. The summed E-state index contributed by atoms with van der Waals surface area (Å²) in [4.78, 5) is 22.3. The van der Waals surface area contributed by atoms with E-state index in [1.807, 2.05) is 0 Å². The van der Waals surface area contributed by atoms with Crippen molar-refractivity contribution >= 4 is 23.6 Å². The highest BCUT2D eigenvalue weighted by Crippen LogP contribution is 2.45. The number of hydrogen-bond acceptors (Lipinski definition) is 5. The van der Waals surface area contributed by atoms with Crippen LogP contribution in [0.4, 0.5) is 0 Å². The number of rotatable bonds is 5. The van der Waals surface area contributed by atoms with Crippen molar-refractivity contribution in [3.8, 4) is 0 Å². The Hall–Kier alpha value is -1.57. The number of nitrogens with one attached hydrogen (secondary N) is 2. The summed E-state index contributed by atoms with van der Waals surface area (Å²) in [7, 11) is 0. The van der Waals surface area contributed by atoms with Crippen LogP contribution < -0.4 is 10.9 Å². The molecule has 0 aromatic carbocycles. The first-order valence-electron chi connectivity index (χ1n) is 6.78. The van der Waals surface area contributed by atoms with Gasteiger partial charge in [0.15, 0.2) is 5.16 Å². The SMILES string of the molecule is CC(=O)NNC(=O)CSc1nnc(C2CC2)n1C1CC1. The van der Waals surface area contributed by atoms with Crippen molar-refractivity contribution in [2.24, 2.45) is 0 Å². The van der Waals surface area contributed by atoms with Crippen LogP contribution in [-0.2, 0) is 9.59 Å². The van der Waals surface area contributed by atoms with E-state index >= 15 is 0 Å². The second-order valence-corrected chi connectivity index (χ2v) is 6.18. The Kier molecular flexibility index (Phi) is 3.64. The highest BCUT2D eigenvalue weighted by atomic mass is 32.2. The van der Waals surface area contributed by atoms with Crippen LogP contribution in [0.1, 0.15) is 50.4 Å². The van der Waals surface area contributed by atoms with Crippen LogP contribution >= 0.6 is 11.8 Å². The molecule has 3 rings (SSSR count). The lowest BCUT2D eigenvalue weighted by molar-refractivity contribution is -0.126. The van der Waals surface area contributed by atoms with Crippen LogP contribution in [0.2, 0.25) is 0 Å². The molecule has 0 radical (unpaired) electrons. The van der Waals surface area contributed by atoms with Gasteiger partial charge in [0.25, 0.3) is 0 Å². The van der Waals surface area contributed by atoms with Gasteiger partial charge in [0, 0.05) is 18.9 Å². The monoisotopic (exact) mass is 295 g/mol. The van der Waals surface area contributed by atoms with Gasteiger partial charge in [0.1, 0.15) is 5.82 Å². The average molecular weight is 295 g/mol. The molecule has 2 amide bonds. The summed E-state index contributed by atoms with van der Waals surface area (Å²) in [5, 5.41) is 9.31. The summed E-state index contributed by atoms with van der Waals surface area (Å²) in [5.41, 5.74) is 4.61. The van der Waals surface area contributed by atoms with E-state index in [4.69, 9.17) is 0 Å². The lowest BCUT2D eigenvalue weighted by Crippen LogP contribution is -2.41. The molecule has 2 aliphatic rings. The van der Waals surface area contributed by atoms with Gasteiger partial charge in [-0.25, -0.2) is 0 Å². The normalized spacial score (nSPS) is 17.9. The van der Waals surface area contributed by atoms with Crippen LogP contribution in [0.5, 0.6) is 0 Å². The largest absolute Gasteiger partial charge is 0.303 e. The fraction of sp³-hybridized carbons (Fsp3) is 0.667. The molecule has 0 unspecified atom stereocenters. The van der Waals surface area contributed by atoms with Gasteiger partial charge >= 0.3 is 0 Å². The molecule has 0 atom stereocenters. The zero-order valence-electron chi connectivity index (χ0n) is 11.3. The van der Waals surface area contributed by atoms with E-state index in [0.717, 1.165) is 11.0 Å². The number of hydrazine groups is 1. The molecule has 2 aliphatic carbocycles. The van der Waals surface area contributed by atoms with Gasteiger partial charge in [-0.1, -0.05) is 11.8 Å². The smallest absolute Gasteiger partial charge is 0.248 e. The fourth-order valence-electron chi connectivity index (χ4n) is 2.01. The Bertz CT molecular complexity index is 536. The van der Waals surface area contributed by atoms with E-state index in [-0.39, 0.29) is 17.6 Å². The molecule has 2 fully saturated rings. The second kappa shape index (κ2) is 5.43. The molecule has 108 valence electrons. The third-order valence-electron chi connectivity index (χ3n) is 3.26. The highest BCUT2D eigenvalue weighted by molar-refractivity contribution is 7.99. The van der Waals surface area contributed by atoms with Gasteiger partial charge in [-0.15, -0.1) is 10.2 Å². The lowest BCUT2D eigenvalue weighted by Gasteiger charge is -2.08. The lowest BCUT2D eigenvalue weighted by atomic mass is 10.4. The fourth-order valence-corrected chi connectivity index (χ4v) is 2.82. The van der Waals surface area contributed by atoms with Crippen LogP contribution in [-0.4, -0.2) is 32.3 Å². The van der Waals surface area contributed by atoms with Gasteiger partial charge in [-0.3, -0.25) is 20.4 Å². The number of amides is 2. The van der Waals surface area contributed by atoms with E-state index in [1.165, 1.54) is 44.4 Å². The van der Waals surface area contributed by atoms with Crippen molar-refractivity contribution in [2.75, 3.05) is 5.75 Å². The van der Waals surface area contributed by atoms with Crippen molar-refractivity contribution in [1.82, 2.24) is 25.6 Å². The van der Waals surface area contributed by atoms with E-state index in [2.05, 4.69) is 25.6 Å². The van der Waals surface area contributed by atoms with Gasteiger partial charge in [0.2, 0.25) is 11.8 Å². The van der Waals surface area contributed by atoms with E-state index < -0.39 is 0 Å². The number of hydrogen-bond donors (Lipinski definition) is 2. The second-order valence-electron chi connectivity index (χ2n) is 5.23. The number of carbonyl (C=O) groups is 2. The van der Waals surface area contributed by atoms with E-state index in [0.29, 0.717) is 12.0 Å². The third-order valence-corrected chi connectivity index (χ3v) is 4.20. The number of thioether (sulfide) groups is 1. The van der Waals surface area contributed by atoms with Crippen molar-refractivity contribution in [1.29, 1.82) is 0 Å². The zero-order valence-corrected chi connectivity index (χ0v) is 12.1. The molecule has 8 heteroatoms. The van der Waals surface area contributed by atoms with Crippen LogP contribution in [0.3, 0.4) is 0 Å². The zero-order chi connectivity index (χ0) is 14.1. The van der Waals surface area contributed by atoms with Crippen molar-refractivity contribution in [3.63, 3.8) is 0 Å². The van der Waals surface area contributed by atoms with Crippen LogP contribution in [0.25, 0.3) is 0 Å². The molecule has 0 aliphatic heterocycles. The van der Waals surface area contributed by atoms with Crippen molar-refractivity contribution in [2.45, 2.75) is 49.7 Å². The summed E-state index contributed by atoms with van der Waals surface area (Å²) in [6.45, 7) is 1.35. The Labute approximate surface area is 120 Å². The molecule has 0 saturated heterocycles. The Morgan fingerprint density at radius 2 is 2.00 bits per heavy atom. The molecule has 20 heavy (non-hydrogen) atoms. The van der Waals surface area contributed by atoms with Gasteiger partial charge in [0.05, 0.1) is 5.75 Å². The minimum absolute atomic E-state index is 0.218. The molecular weight excluding hydrogens is 278 g/mol. The average Bonchev–Trinajstić information content (AvgIpc) is 3.32. The van der Waals surface area contributed by atoms with Crippen LogP contribution in [0, 0.1) is 0 Å². The maximum absolute atomic E-state index is 11.6. The maximum Gasteiger partial charge on any atom is 0.248 e. The first-order chi connectivity index (χ1) is 9.65. The summed E-state index contributed by atoms with van der Waals surface area (Å²) in [6.07, 6.45) is 4.73. The number of carbonyl (C=O) groups excluding carboxylic acids is 2. The molecule has 0 spiro atoms. The predicted octanol–water partition coefficient (Wildman–Crippen LogP) is 0.750. The van der Waals surface area contributed by atoms with E-state index in [9.17, 15) is 9.59 Å². The first kappa shape index (κ1) is 13.4. The molecule has 1 aromatic rings. The minimum Gasteiger partial charge on any atom is -0.303 e. The molecule has 2 N–H and O–H groups in total. The summed E-state index contributed by atoms with van der Waals surface area (Å²) >= 11 is 1.37. The van der Waals surface area contributed by atoms with Crippen molar-refractivity contribution < 1.29 is 9.59 Å². The molecule has 2 saturated carbocycles. The van der Waals surface area contributed by atoms with Gasteiger partial charge in [-0.2, -0.15) is 0 Å². The van der Waals surface area contributed by atoms with Crippen molar-refractivity contribution in [3.05, 3.63) is 5.82 Å². The third kappa shape index (κ3) is 3.12. The molecule has 1 aromatic heterocycles. The standard InChI is InChI=1S/C12H17N5O2S/c1-7(18)13-14-10(19)6-20-12-16-15-11(8-2-3-8)17(12)9-4-5-9/h8-9H,2-6H2,1H3,(H,13,18)(H,14,19). The maximum atomic E-state index is 11.6. The molecule has 0 bridgehead atoms. The summed E-state index contributed by atoms with van der Waals surface area (Å²) < 4.78 is 2.20. The first-order valence-corrected chi connectivity index (χ1v) is 7.76. The quantitative estimate of drug-likeness (QED) is 0.618. The predicted molar refractivity (Wildman–Crippen MR) is 73.0 cm³/mol. The molecule has 1 heterocycles. The topological polar surface area (TPSA) is 88.9 Å². The Morgan fingerprint density at radius 3 is 2.60 bits per heavy atom. The Balaban J connectivity index is 1.59. The van der Waals surface area contributed by atoms with Crippen LogP contribution in [0.15, 0.2) is 5.16 Å². The Morgan fingerprint density at radius 1 is 1.25 bits per heavy atom. The minimum atomic E-state index is -0.291. The molecular formula is C12H17N5O2S. The summed E-state index contributed by atoms with van der Waals surface area (Å²) in [5.74, 6) is 1.32. The van der Waals surface area contributed by atoms with Gasteiger partial charge in [-0.05, 0) is 25.7 Å². The number of nitrogens with zero attached hydrogens (tertiary/aromatic N) is 3. The van der Waals surface area contributed by atoms with Gasteiger partial charge < -0.3 is 4.57 Å². The highest BCUT2D eigenvalue weighted by Gasteiger charge is 2.36. The van der Waals surface area contributed by atoms with E-state index in [1.54, 1.807) is 0 Å². The number of aromatic nitrogens is 3.